The molecule has 1 aromatic rings. The highest BCUT2D eigenvalue weighted by molar-refractivity contribution is 5.79. The highest BCUT2D eigenvalue weighted by atomic mass is 16.2. The maximum absolute atomic E-state index is 12.6. The molecule has 0 spiro atoms. The number of aromatic nitrogens is 1. The van der Waals surface area contributed by atoms with Gasteiger partial charge in [-0.2, -0.15) is 0 Å². The van der Waals surface area contributed by atoms with Crippen molar-refractivity contribution >= 4 is 11.9 Å². The number of nitrogens with zero attached hydrogens (tertiary/aromatic N) is 3. The van der Waals surface area contributed by atoms with Gasteiger partial charge < -0.3 is 15.5 Å². The maximum Gasteiger partial charge on any atom is 0.317 e. The van der Waals surface area contributed by atoms with Gasteiger partial charge in [-0.15, -0.1) is 6.58 Å². The molecule has 1 atom stereocenters. The SMILES string of the molecule is C=CCNC(=O)N1CCC(N2CCC[C@H](C(=O)NCc3cccnc3)C2)CC1. The van der Waals surface area contributed by atoms with Gasteiger partial charge >= 0.3 is 6.03 Å². The minimum absolute atomic E-state index is 0.00958. The van der Waals surface area contributed by atoms with Gasteiger partial charge in [-0.25, -0.2) is 4.79 Å². The number of piperidine rings is 2. The molecule has 2 N–H and O–H groups in total. The summed E-state index contributed by atoms with van der Waals surface area (Å²) in [6.45, 7) is 8.04. The Bertz CT molecular complexity index is 658. The molecule has 0 bridgehead atoms. The molecule has 0 aliphatic carbocycles. The van der Waals surface area contributed by atoms with Gasteiger partial charge in [0, 0.05) is 51.2 Å². The lowest BCUT2D eigenvalue weighted by Gasteiger charge is -2.42. The second kappa shape index (κ2) is 10.2. The zero-order chi connectivity index (χ0) is 19.8. The first kappa shape index (κ1) is 20.3. The van der Waals surface area contributed by atoms with Gasteiger partial charge in [-0.05, 0) is 43.9 Å². The van der Waals surface area contributed by atoms with E-state index in [9.17, 15) is 9.59 Å². The first-order valence-corrected chi connectivity index (χ1v) is 10.2. The van der Waals surface area contributed by atoms with E-state index in [1.165, 1.54) is 0 Å². The average molecular weight is 386 g/mol. The number of hydrogen-bond donors (Lipinski definition) is 2. The summed E-state index contributed by atoms with van der Waals surface area (Å²) in [6.07, 6.45) is 9.13. The molecule has 0 unspecified atom stereocenters. The summed E-state index contributed by atoms with van der Waals surface area (Å²) in [5, 5.41) is 5.90. The molecule has 7 heteroatoms. The Morgan fingerprint density at radius 2 is 2.04 bits per heavy atom. The van der Waals surface area contributed by atoms with Gasteiger partial charge in [0.2, 0.25) is 5.91 Å². The van der Waals surface area contributed by atoms with E-state index in [0.29, 0.717) is 19.1 Å². The fourth-order valence-corrected chi connectivity index (χ4v) is 4.09. The fraction of sp³-hybridized carbons (Fsp3) is 0.571. The number of hydrogen-bond acceptors (Lipinski definition) is 4. The number of carbonyl (C=O) groups is 2. The molecule has 152 valence electrons. The van der Waals surface area contributed by atoms with Crippen LogP contribution >= 0.6 is 0 Å². The smallest absolute Gasteiger partial charge is 0.317 e. The zero-order valence-electron chi connectivity index (χ0n) is 16.5. The number of amides is 3. The maximum atomic E-state index is 12.6. The molecule has 2 saturated heterocycles. The molecular formula is C21H31N5O2. The van der Waals surface area contributed by atoms with Crippen molar-refractivity contribution in [1.82, 2.24) is 25.4 Å². The van der Waals surface area contributed by atoms with E-state index in [1.54, 1.807) is 18.5 Å². The molecule has 2 fully saturated rings. The van der Waals surface area contributed by atoms with Crippen molar-refractivity contribution in [2.75, 3.05) is 32.7 Å². The van der Waals surface area contributed by atoms with Crippen LogP contribution in [0.3, 0.4) is 0 Å². The molecule has 7 nitrogen and oxygen atoms in total. The van der Waals surface area contributed by atoms with Crippen molar-refractivity contribution in [3.05, 3.63) is 42.7 Å². The first-order valence-electron chi connectivity index (χ1n) is 10.2. The van der Waals surface area contributed by atoms with Crippen LogP contribution in [-0.4, -0.2) is 65.5 Å². The van der Waals surface area contributed by atoms with Crippen LogP contribution in [-0.2, 0) is 11.3 Å². The normalized spacial score (nSPS) is 21.1. The Morgan fingerprint density at radius 3 is 2.75 bits per heavy atom. The lowest BCUT2D eigenvalue weighted by Crippen LogP contribution is -2.52. The van der Waals surface area contributed by atoms with Crippen molar-refractivity contribution < 1.29 is 9.59 Å². The molecule has 2 aliphatic heterocycles. The van der Waals surface area contributed by atoms with Crippen LogP contribution in [0.1, 0.15) is 31.2 Å². The molecule has 3 rings (SSSR count). The lowest BCUT2D eigenvalue weighted by molar-refractivity contribution is -0.127. The fourth-order valence-electron chi connectivity index (χ4n) is 4.09. The van der Waals surface area contributed by atoms with Crippen LogP contribution in [0.25, 0.3) is 0 Å². The predicted octanol–water partition coefficient (Wildman–Crippen LogP) is 1.77. The second-order valence-electron chi connectivity index (χ2n) is 7.61. The Labute approximate surface area is 167 Å². The van der Waals surface area contributed by atoms with Gasteiger partial charge in [0.25, 0.3) is 0 Å². The zero-order valence-corrected chi connectivity index (χ0v) is 16.5. The Kier molecular flexibility index (Phi) is 7.42. The summed E-state index contributed by atoms with van der Waals surface area (Å²) in [5.41, 5.74) is 1.02. The molecular weight excluding hydrogens is 354 g/mol. The highest BCUT2D eigenvalue weighted by Crippen LogP contribution is 2.24. The van der Waals surface area contributed by atoms with Crippen LogP contribution in [0.15, 0.2) is 37.2 Å². The standard InChI is InChI=1S/C21H31N5O2/c1-2-9-23-21(28)25-12-7-19(8-13-25)26-11-4-6-18(16-26)20(27)24-15-17-5-3-10-22-14-17/h2-3,5,10,14,18-19H,1,4,6-9,11-13,15-16H2,(H,23,28)(H,24,27)/t18-/m0/s1. The predicted molar refractivity (Wildman–Crippen MR) is 109 cm³/mol. The van der Waals surface area contributed by atoms with E-state index in [4.69, 9.17) is 0 Å². The van der Waals surface area contributed by atoms with Crippen LogP contribution in [0.2, 0.25) is 0 Å². The molecule has 0 radical (unpaired) electrons. The number of rotatable bonds is 6. The molecule has 3 amide bonds. The molecule has 3 heterocycles. The first-order chi connectivity index (χ1) is 13.7. The average Bonchev–Trinajstić information content (AvgIpc) is 2.76. The van der Waals surface area contributed by atoms with Gasteiger partial charge in [0.15, 0.2) is 0 Å². The Hall–Kier alpha value is -2.41. The van der Waals surface area contributed by atoms with E-state index in [1.807, 2.05) is 17.0 Å². The Balaban J connectivity index is 1.44. The third-order valence-corrected chi connectivity index (χ3v) is 5.68. The van der Waals surface area contributed by atoms with E-state index >= 15 is 0 Å². The molecule has 0 aromatic carbocycles. The summed E-state index contributed by atoms with van der Waals surface area (Å²) in [4.78, 5) is 33.1. The van der Waals surface area contributed by atoms with E-state index in [2.05, 4.69) is 27.1 Å². The minimum atomic E-state index is -0.00958. The van der Waals surface area contributed by atoms with Crippen molar-refractivity contribution in [3.8, 4) is 0 Å². The summed E-state index contributed by atoms with van der Waals surface area (Å²) < 4.78 is 0. The number of nitrogens with one attached hydrogen (secondary N) is 2. The number of carbonyl (C=O) groups excluding carboxylic acids is 2. The minimum Gasteiger partial charge on any atom is -0.352 e. The van der Waals surface area contributed by atoms with Gasteiger partial charge in [-0.1, -0.05) is 12.1 Å². The summed E-state index contributed by atoms with van der Waals surface area (Å²) in [5.74, 6) is 0.175. The summed E-state index contributed by atoms with van der Waals surface area (Å²) in [6, 6.07) is 4.30. The van der Waals surface area contributed by atoms with E-state index < -0.39 is 0 Å². The summed E-state index contributed by atoms with van der Waals surface area (Å²) in [7, 11) is 0. The van der Waals surface area contributed by atoms with Gasteiger partial charge in [0.05, 0.1) is 5.92 Å². The summed E-state index contributed by atoms with van der Waals surface area (Å²) >= 11 is 0. The van der Waals surface area contributed by atoms with Gasteiger partial charge in [0.1, 0.15) is 0 Å². The van der Waals surface area contributed by atoms with Crippen LogP contribution in [0.4, 0.5) is 4.79 Å². The van der Waals surface area contributed by atoms with E-state index in [0.717, 1.165) is 57.4 Å². The van der Waals surface area contributed by atoms with Crippen LogP contribution in [0.5, 0.6) is 0 Å². The monoisotopic (exact) mass is 385 g/mol. The number of likely N-dealkylation sites (tertiary alicyclic amines) is 2. The third kappa shape index (κ3) is 5.55. The van der Waals surface area contributed by atoms with Crippen LogP contribution in [0, 0.1) is 5.92 Å². The van der Waals surface area contributed by atoms with Crippen molar-refractivity contribution in [2.24, 2.45) is 5.92 Å². The topological polar surface area (TPSA) is 77.6 Å². The second-order valence-corrected chi connectivity index (χ2v) is 7.61. The van der Waals surface area contributed by atoms with Crippen molar-refractivity contribution in [3.63, 3.8) is 0 Å². The third-order valence-electron chi connectivity index (χ3n) is 5.68. The lowest BCUT2D eigenvalue weighted by atomic mass is 9.93. The van der Waals surface area contributed by atoms with Gasteiger partial charge in [-0.3, -0.25) is 14.7 Å². The highest BCUT2D eigenvalue weighted by Gasteiger charge is 2.32. The molecule has 1 aromatic heterocycles. The number of pyridine rings is 1. The molecule has 2 aliphatic rings. The molecule has 28 heavy (non-hydrogen) atoms. The van der Waals surface area contributed by atoms with Crippen molar-refractivity contribution in [1.29, 1.82) is 0 Å². The van der Waals surface area contributed by atoms with E-state index in [-0.39, 0.29) is 17.9 Å². The van der Waals surface area contributed by atoms with Crippen molar-refractivity contribution in [2.45, 2.75) is 38.3 Å². The van der Waals surface area contributed by atoms with Crippen LogP contribution < -0.4 is 10.6 Å². The molecule has 0 saturated carbocycles. The largest absolute Gasteiger partial charge is 0.352 e. The quantitative estimate of drug-likeness (QED) is 0.732. The Morgan fingerprint density at radius 1 is 1.21 bits per heavy atom. The number of urea groups is 1.